The van der Waals surface area contributed by atoms with Crippen LogP contribution in [0.1, 0.15) is 43.2 Å². The first-order valence-corrected chi connectivity index (χ1v) is 10.5. The maximum Gasteiger partial charge on any atom is 0.233 e. The Morgan fingerprint density at radius 1 is 0.857 bits per heavy atom. The van der Waals surface area contributed by atoms with Gasteiger partial charge in [0.05, 0.1) is 24.0 Å². The van der Waals surface area contributed by atoms with E-state index in [4.69, 9.17) is 0 Å². The molecule has 1 aromatic carbocycles. The van der Waals surface area contributed by atoms with Crippen molar-refractivity contribution in [2.45, 2.75) is 57.3 Å². The number of benzene rings is 1. The largest absolute Gasteiger partial charge is 0.390 e. The standard InChI is InChI=1S/C22H30N2O4/c25-19-12-17-18(13-20(19)26)22(28)24(21(17)27)10-5-1-4-9-23-11-8-15-6-2-3-7-16(15)14-23/h2-3,6-7,17-20,25-26H,1,4-5,8-14H2. The minimum atomic E-state index is -0.896. The fourth-order valence-electron chi connectivity index (χ4n) is 4.97. The lowest BCUT2D eigenvalue weighted by Gasteiger charge is -2.29. The van der Waals surface area contributed by atoms with E-state index < -0.39 is 24.0 Å². The number of imide groups is 1. The van der Waals surface area contributed by atoms with Crippen LogP contribution in [-0.2, 0) is 22.6 Å². The van der Waals surface area contributed by atoms with Gasteiger partial charge in [-0.3, -0.25) is 19.4 Å². The molecule has 3 aliphatic rings. The number of amides is 2. The molecule has 2 fully saturated rings. The smallest absolute Gasteiger partial charge is 0.233 e. The molecule has 0 aromatic heterocycles. The van der Waals surface area contributed by atoms with Gasteiger partial charge in [0.2, 0.25) is 11.8 Å². The molecule has 1 aromatic rings. The minimum absolute atomic E-state index is 0.159. The number of aliphatic hydroxyl groups excluding tert-OH is 2. The third-order valence-electron chi connectivity index (χ3n) is 6.65. The molecule has 2 amide bonds. The van der Waals surface area contributed by atoms with Crippen molar-refractivity contribution < 1.29 is 19.8 Å². The van der Waals surface area contributed by atoms with E-state index in [1.165, 1.54) is 16.0 Å². The highest BCUT2D eigenvalue weighted by molar-refractivity contribution is 6.05. The van der Waals surface area contributed by atoms with E-state index in [1.54, 1.807) is 0 Å². The molecule has 1 saturated carbocycles. The Bertz CT molecular complexity index is 709. The van der Waals surface area contributed by atoms with E-state index in [0.29, 0.717) is 6.54 Å². The molecule has 152 valence electrons. The zero-order valence-electron chi connectivity index (χ0n) is 16.3. The van der Waals surface area contributed by atoms with E-state index in [9.17, 15) is 19.8 Å². The second-order valence-electron chi connectivity index (χ2n) is 8.50. The number of carbonyl (C=O) groups is 2. The first-order valence-electron chi connectivity index (χ1n) is 10.5. The third kappa shape index (κ3) is 3.86. The first-order chi connectivity index (χ1) is 13.5. The summed E-state index contributed by atoms with van der Waals surface area (Å²) in [5.74, 6) is -1.21. The lowest BCUT2D eigenvalue weighted by atomic mass is 9.78. The average molecular weight is 386 g/mol. The molecule has 4 atom stereocenters. The van der Waals surface area contributed by atoms with Gasteiger partial charge in [-0.25, -0.2) is 0 Å². The highest BCUT2D eigenvalue weighted by Gasteiger charge is 2.51. The predicted octanol–water partition coefficient (Wildman–Crippen LogP) is 1.33. The van der Waals surface area contributed by atoms with Gasteiger partial charge >= 0.3 is 0 Å². The van der Waals surface area contributed by atoms with E-state index >= 15 is 0 Å². The van der Waals surface area contributed by atoms with Crippen LogP contribution in [-0.4, -0.2) is 63.7 Å². The fourth-order valence-corrected chi connectivity index (χ4v) is 4.97. The van der Waals surface area contributed by atoms with Crippen molar-refractivity contribution in [2.24, 2.45) is 11.8 Å². The molecule has 6 nitrogen and oxygen atoms in total. The van der Waals surface area contributed by atoms with Crippen molar-refractivity contribution in [1.82, 2.24) is 9.80 Å². The van der Waals surface area contributed by atoms with Gasteiger partial charge in [0, 0.05) is 19.6 Å². The number of hydrogen-bond donors (Lipinski definition) is 2. The van der Waals surface area contributed by atoms with Crippen molar-refractivity contribution in [3.63, 3.8) is 0 Å². The molecular weight excluding hydrogens is 356 g/mol. The third-order valence-corrected chi connectivity index (χ3v) is 6.65. The topological polar surface area (TPSA) is 81.1 Å². The summed E-state index contributed by atoms with van der Waals surface area (Å²) in [6.45, 7) is 3.60. The van der Waals surface area contributed by atoms with Gasteiger partial charge < -0.3 is 10.2 Å². The van der Waals surface area contributed by atoms with E-state index in [0.717, 1.165) is 45.3 Å². The SMILES string of the molecule is O=C1C2CC(O)C(O)CC2C(=O)N1CCCCCN1CCc2ccccc2C1. The van der Waals surface area contributed by atoms with E-state index in [-0.39, 0.29) is 24.7 Å². The second kappa shape index (κ2) is 8.31. The van der Waals surface area contributed by atoms with Crippen molar-refractivity contribution in [3.8, 4) is 0 Å². The molecule has 0 spiro atoms. The maximum atomic E-state index is 12.5. The van der Waals surface area contributed by atoms with Crippen LogP contribution >= 0.6 is 0 Å². The van der Waals surface area contributed by atoms with Crippen LogP contribution in [0.15, 0.2) is 24.3 Å². The van der Waals surface area contributed by atoms with Crippen molar-refractivity contribution >= 4 is 11.8 Å². The van der Waals surface area contributed by atoms with E-state index in [2.05, 4.69) is 29.2 Å². The van der Waals surface area contributed by atoms with Crippen LogP contribution in [0.4, 0.5) is 0 Å². The summed E-state index contributed by atoms with van der Waals surface area (Å²) in [4.78, 5) is 28.9. The number of aliphatic hydroxyl groups is 2. The zero-order chi connectivity index (χ0) is 19.7. The lowest BCUT2D eigenvalue weighted by molar-refractivity contribution is -0.140. The van der Waals surface area contributed by atoms with Crippen LogP contribution in [0.5, 0.6) is 0 Å². The molecule has 1 saturated heterocycles. The number of likely N-dealkylation sites (tertiary alicyclic amines) is 1. The Balaban J connectivity index is 1.20. The Kier molecular flexibility index (Phi) is 5.80. The molecule has 2 N–H and O–H groups in total. The summed E-state index contributed by atoms with van der Waals surface area (Å²) in [5, 5.41) is 19.6. The Labute approximate surface area is 166 Å². The van der Waals surface area contributed by atoms with Gasteiger partial charge in [-0.05, 0) is 49.8 Å². The van der Waals surface area contributed by atoms with E-state index in [1.807, 2.05) is 0 Å². The molecule has 28 heavy (non-hydrogen) atoms. The molecule has 0 bridgehead atoms. The Morgan fingerprint density at radius 3 is 2.14 bits per heavy atom. The Morgan fingerprint density at radius 2 is 1.46 bits per heavy atom. The summed E-state index contributed by atoms with van der Waals surface area (Å²) in [5.41, 5.74) is 2.88. The normalized spacial score (nSPS) is 30.4. The summed E-state index contributed by atoms with van der Waals surface area (Å²) in [6.07, 6.45) is 2.56. The van der Waals surface area contributed by atoms with Crippen molar-refractivity contribution in [3.05, 3.63) is 35.4 Å². The number of fused-ring (bicyclic) bond motifs is 2. The quantitative estimate of drug-likeness (QED) is 0.570. The van der Waals surface area contributed by atoms with Crippen molar-refractivity contribution in [1.29, 1.82) is 0 Å². The van der Waals surface area contributed by atoms with Gasteiger partial charge in [0.15, 0.2) is 0 Å². The second-order valence-corrected chi connectivity index (χ2v) is 8.50. The number of nitrogens with zero attached hydrogens (tertiary/aromatic N) is 2. The maximum absolute atomic E-state index is 12.5. The summed E-state index contributed by atoms with van der Waals surface area (Å²) >= 11 is 0. The lowest BCUT2D eigenvalue weighted by Crippen LogP contribution is -2.40. The average Bonchev–Trinajstić information content (AvgIpc) is 2.92. The van der Waals surface area contributed by atoms with Gasteiger partial charge in [-0.2, -0.15) is 0 Å². The van der Waals surface area contributed by atoms with Crippen LogP contribution in [0.3, 0.4) is 0 Å². The molecule has 2 aliphatic heterocycles. The monoisotopic (exact) mass is 386 g/mol. The highest BCUT2D eigenvalue weighted by Crippen LogP contribution is 2.38. The number of rotatable bonds is 6. The summed E-state index contributed by atoms with van der Waals surface area (Å²) in [6, 6.07) is 8.63. The molecule has 2 heterocycles. The van der Waals surface area contributed by atoms with Gasteiger partial charge in [-0.15, -0.1) is 0 Å². The van der Waals surface area contributed by atoms with Gasteiger partial charge in [0.25, 0.3) is 0 Å². The number of unbranched alkanes of at least 4 members (excludes halogenated alkanes) is 2. The molecule has 4 unspecified atom stereocenters. The number of hydrogen-bond acceptors (Lipinski definition) is 5. The zero-order valence-corrected chi connectivity index (χ0v) is 16.3. The number of carbonyl (C=O) groups excluding carboxylic acids is 2. The minimum Gasteiger partial charge on any atom is -0.390 e. The predicted molar refractivity (Wildman–Crippen MR) is 104 cm³/mol. The van der Waals surface area contributed by atoms with Crippen LogP contribution in [0.2, 0.25) is 0 Å². The van der Waals surface area contributed by atoms with Crippen LogP contribution in [0, 0.1) is 11.8 Å². The molecular formula is C22H30N2O4. The first kappa shape index (κ1) is 19.6. The summed E-state index contributed by atoms with van der Waals surface area (Å²) in [7, 11) is 0. The summed E-state index contributed by atoms with van der Waals surface area (Å²) < 4.78 is 0. The molecule has 4 rings (SSSR count). The van der Waals surface area contributed by atoms with Crippen LogP contribution < -0.4 is 0 Å². The molecule has 1 aliphatic carbocycles. The highest BCUT2D eigenvalue weighted by atomic mass is 16.3. The molecule has 6 heteroatoms. The van der Waals surface area contributed by atoms with Gasteiger partial charge in [0.1, 0.15) is 0 Å². The molecule has 0 radical (unpaired) electrons. The van der Waals surface area contributed by atoms with Crippen molar-refractivity contribution in [2.75, 3.05) is 19.6 Å². The fraction of sp³-hybridized carbons (Fsp3) is 0.636. The van der Waals surface area contributed by atoms with Crippen LogP contribution in [0.25, 0.3) is 0 Å². The van der Waals surface area contributed by atoms with Gasteiger partial charge in [-0.1, -0.05) is 30.7 Å². The Hall–Kier alpha value is -1.76.